The number of thioether (sulfide) groups is 1. The number of benzene rings is 2. The van der Waals surface area contributed by atoms with E-state index in [4.69, 9.17) is 17.5 Å². The Morgan fingerprint density at radius 2 is 1.91 bits per heavy atom. The third-order valence-corrected chi connectivity index (χ3v) is 4.49. The molecule has 0 spiro atoms. The van der Waals surface area contributed by atoms with E-state index in [2.05, 4.69) is 23.6 Å². The van der Waals surface area contributed by atoms with Crippen molar-refractivity contribution in [2.75, 3.05) is 17.6 Å². The van der Waals surface area contributed by atoms with E-state index in [1.54, 1.807) is 11.8 Å². The van der Waals surface area contributed by atoms with E-state index in [1.807, 2.05) is 48.5 Å². The molecule has 0 atom stereocenters. The molecule has 23 heavy (non-hydrogen) atoms. The summed E-state index contributed by atoms with van der Waals surface area (Å²) in [7, 11) is 0. The van der Waals surface area contributed by atoms with Crippen molar-refractivity contribution in [2.24, 2.45) is 0 Å². The summed E-state index contributed by atoms with van der Waals surface area (Å²) in [5, 5.41) is 16.0. The fraction of sp³-hybridized carbons (Fsp3) is 0.222. The Balaban J connectivity index is 1.66. The summed E-state index contributed by atoms with van der Waals surface area (Å²) in [5.74, 6) is 1.76. The van der Waals surface area contributed by atoms with Crippen LogP contribution in [-0.4, -0.2) is 17.4 Å². The quantitative estimate of drug-likeness (QED) is 0.612. The second kappa shape index (κ2) is 9.19. The molecular formula is C18H19N3S2. The van der Waals surface area contributed by atoms with Gasteiger partial charge in [-0.3, -0.25) is 0 Å². The standard InChI is InChI=1S/C18H19N3S2/c1-14-6-8-17(9-7-14)21-18(22)20-10-11-23-13-16-5-3-2-4-15(16)12-19/h2-9H,10-11,13H2,1H3,(H2,20,21,22). The van der Waals surface area contributed by atoms with Gasteiger partial charge in [0.2, 0.25) is 0 Å². The van der Waals surface area contributed by atoms with Crippen LogP contribution in [-0.2, 0) is 5.75 Å². The molecule has 0 heterocycles. The predicted molar refractivity (Wildman–Crippen MR) is 103 cm³/mol. The molecule has 0 bridgehead atoms. The van der Waals surface area contributed by atoms with E-state index in [1.165, 1.54) is 5.56 Å². The highest BCUT2D eigenvalue weighted by atomic mass is 32.2. The van der Waals surface area contributed by atoms with Gasteiger partial charge < -0.3 is 10.6 Å². The Morgan fingerprint density at radius 3 is 2.65 bits per heavy atom. The summed E-state index contributed by atoms with van der Waals surface area (Å²) in [6, 6.07) is 18.1. The highest BCUT2D eigenvalue weighted by Gasteiger charge is 2.01. The van der Waals surface area contributed by atoms with Crippen LogP contribution in [0.15, 0.2) is 48.5 Å². The molecule has 0 aliphatic rings. The lowest BCUT2D eigenvalue weighted by Gasteiger charge is -2.10. The summed E-state index contributed by atoms with van der Waals surface area (Å²) in [6.07, 6.45) is 0. The van der Waals surface area contributed by atoms with E-state index in [0.717, 1.165) is 34.9 Å². The normalized spacial score (nSPS) is 9.91. The molecule has 0 unspecified atom stereocenters. The molecular weight excluding hydrogens is 322 g/mol. The minimum Gasteiger partial charge on any atom is -0.362 e. The van der Waals surface area contributed by atoms with E-state index in [-0.39, 0.29) is 0 Å². The van der Waals surface area contributed by atoms with Crippen LogP contribution in [0, 0.1) is 18.3 Å². The van der Waals surface area contributed by atoms with Gasteiger partial charge in [0.1, 0.15) is 0 Å². The number of nitrogens with zero attached hydrogens (tertiary/aromatic N) is 1. The number of anilines is 1. The van der Waals surface area contributed by atoms with Gasteiger partial charge in [0.05, 0.1) is 11.6 Å². The summed E-state index contributed by atoms with van der Waals surface area (Å²) < 4.78 is 0. The van der Waals surface area contributed by atoms with Crippen molar-refractivity contribution in [3.63, 3.8) is 0 Å². The van der Waals surface area contributed by atoms with E-state index < -0.39 is 0 Å². The van der Waals surface area contributed by atoms with Gasteiger partial charge in [-0.25, -0.2) is 0 Å². The Morgan fingerprint density at radius 1 is 1.17 bits per heavy atom. The number of rotatable bonds is 6. The Bertz CT molecular complexity index is 690. The van der Waals surface area contributed by atoms with Crippen LogP contribution in [0.2, 0.25) is 0 Å². The summed E-state index contributed by atoms with van der Waals surface area (Å²) >= 11 is 7.06. The molecule has 3 nitrogen and oxygen atoms in total. The van der Waals surface area contributed by atoms with Crippen LogP contribution in [0.4, 0.5) is 5.69 Å². The Hall–Kier alpha value is -2.03. The van der Waals surface area contributed by atoms with Crippen molar-refractivity contribution >= 4 is 34.8 Å². The topological polar surface area (TPSA) is 47.8 Å². The first-order valence-electron chi connectivity index (χ1n) is 7.36. The largest absolute Gasteiger partial charge is 0.362 e. The molecule has 0 aromatic heterocycles. The van der Waals surface area contributed by atoms with Gasteiger partial charge in [0.15, 0.2) is 5.11 Å². The fourth-order valence-electron chi connectivity index (χ4n) is 1.99. The van der Waals surface area contributed by atoms with Gasteiger partial charge in [-0.2, -0.15) is 17.0 Å². The summed E-state index contributed by atoms with van der Waals surface area (Å²) in [5.41, 5.74) is 4.05. The maximum absolute atomic E-state index is 9.05. The van der Waals surface area contributed by atoms with Crippen molar-refractivity contribution in [1.82, 2.24) is 5.32 Å². The lowest BCUT2D eigenvalue weighted by atomic mass is 10.1. The molecule has 2 aromatic carbocycles. The lowest BCUT2D eigenvalue weighted by molar-refractivity contribution is 0.989. The minimum atomic E-state index is 0.631. The molecule has 0 radical (unpaired) electrons. The van der Waals surface area contributed by atoms with Crippen LogP contribution >= 0.6 is 24.0 Å². The van der Waals surface area contributed by atoms with Gasteiger partial charge in [0.25, 0.3) is 0 Å². The summed E-state index contributed by atoms with van der Waals surface area (Å²) in [4.78, 5) is 0. The third kappa shape index (κ3) is 5.93. The number of thiocarbonyl (C=S) groups is 1. The molecule has 0 amide bonds. The summed E-state index contributed by atoms with van der Waals surface area (Å²) in [6.45, 7) is 2.85. The van der Waals surface area contributed by atoms with Crippen molar-refractivity contribution in [3.8, 4) is 6.07 Å². The van der Waals surface area contributed by atoms with Gasteiger partial charge in [0, 0.05) is 23.7 Å². The number of aryl methyl sites for hydroxylation is 1. The van der Waals surface area contributed by atoms with Crippen LogP contribution in [0.1, 0.15) is 16.7 Å². The first-order valence-corrected chi connectivity index (χ1v) is 8.92. The molecule has 2 N–H and O–H groups in total. The van der Waals surface area contributed by atoms with Gasteiger partial charge >= 0.3 is 0 Å². The van der Waals surface area contributed by atoms with E-state index >= 15 is 0 Å². The smallest absolute Gasteiger partial charge is 0.170 e. The maximum atomic E-state index is 9.05. The van der Waals surface area contributed by atoms with E-state index in [9.17, 15) is 0 Å². The highest BCUT2D eigenvalue weighted by Crippen LogP contribution is 2.15. The highest BCUT2D eigenvalue weighted by molar-refractivity contribution is 7.98. The number of nitriles is 1. The first kappa shape index (κ1) is 17.3. The van der Waals surface area contributed by atoms with Crippen LogP contribution in [0.3, 0.4) is 0 Å². The zero-order valence-electron chi connectivity index (χ0n) is 13.0. The van der Waals surface area contributed by atoms with E-state index in [0.29, 0.717) is 5.11 Å². The van der Waals surface area contributed by atoms with Crippen LogP contribution in [0.25, 0.3) is 0 Å². The zero-order valence-corrected chi connectivity index (χ0v) is 14.6. The van der Waals surface area contributed by atoms with Crippen LogP contribution in [0.5, 0.6) is 0 Å². The maximum Gasteiger partial charge on any atom is 0.170 e. The predicted octanol–water partition coefficient (Wildman–Crippen LogP) is 4.09. The molecule has 2 aromatic rings. The molecule has 0 saturated carbocycles. The van der Waals surface area contributed by atoms with Crippen molar-refractivity contribution in [2.45, 2.75) is 12.7 Å². The second-order valence-corrected chi connectivity index (χ2v) is 6.58. The Kier molecular flexibility index (Phi) is 6.92. The van der Waals surface area contributed by atoms with Crippen LogP contribution < -0.4 is 10.6 Å². The first-order chi connectivity index (χ1) is 11.2. The van der Waals surface area contributed by atoms with Gasteiger partial charge in [-0.1, -0.05) is 35.9 Å². The van der Waals surface area contributed by atoms with Crippen molar-refractivity contribution < 1.29 is 0 Å². The molecule has 0 saturated heterocycles. The van der Waals surface area contributed by atoms with Crippen molar-refractivity contribution in [3.05, 3.63) is 65.2 Å². The second-order valence-electron chi connectivity index (χ2n) is 5.07. The zero-order chi connectivity index (χ0) is 16.5. The number of nitrogens with one attached hydrogen (secondary N) is 2. The van der Waals surface area contributed by atoms with Crippen molar-refractivity contribution in [1.29, 1.82) is 5.26 Å². The third-order valence-electron chi connectivity index (χ3n) is 3.24. The molecule has 0 aliphatic heterocycles. The number of hydrogen-bond donors (Lipinski definition) is 2. The molecule has 0 fully saturated rings. The Labute approximate surface area is 147 Å². The molecule has 5 heteroatoms. The lowest BCUT2D eigenvalue weighted by Crippen LogP contribution is -2.30. The SMILES string of the molecule is Cc1ccc(NC(=S)NCCSCc2ccccc2C#N)cc1. The monoisotopic (exact) mass is 341 g/mol. The molecule has 118 valence electrons. The average molecular weight is 342 g/mol. The number of hydrogen-bond acceptors (Lipinski definition) is 3. The van der Waals surface area contributed by atoms with Gasteiger partial charge in [-0.05, 0) is 42.9 Å². The average Bonchev–Trinajstić information content (AvgIpc) is 2.57. The van der Waals surface area contributed by atoms with Gasteiger partial charge in [-0.15, -0.1) is 0 Å². The fourth-order valence-corrected chi connectivity index (χ4v) is 3.07. The molecule has 0 aliphatic carbocycles. The minimum absolute atomic E-state index is 0.631. The molecule has 2 rings (SSSR count).